The molecule has 1 aliphatic carbocycles. The molecule has 0 bridgehead atoms. The minimum Gasteiger partial charge on any atom is -0.477 e. The molecule has 1 aromatic carbocycles. The Morgan fingerprint density at radius 3 is 2.45 bits per heavy atom. The molecule has 0 aromatic heterocycles. The molecular formula is C11H12N4O5. The van der Waals surface area contributed by atoms with Crippen molar-refractivity contribution in [3.8, 4) is 5.75 Å². The molecule has 20 heavy (non-hydrogen) atoms. The molecule has 1 aliphatic rings. The second-order valence-corrected chi connectivity index (χ2v) is 4.34. The van der Waals surface area contributed by atoms with Gasteiger partial charge in [0.15, 0.2) is 5.75 Å². The summed E-state index contributed by atoms with van der Waals surface area (Å²) in [6.45, 7) is 0. The van der Waals surface area contributed by atoms with Crippen LogP contribution >= 0.6 is 0 Å². The van der Waals surface area contributed by atoms with Crippen molar-refractivity contribution in [2.75, 3.05) is 0 Å². The van der Waals surface area contributed by atoms with Gasteiger partial charge in [0.25, 0.3) is 5.69 Å². The Labute approximate surface area is 113 Å². The number of non-ortho nitro benzene ring substituents is 1. The van der Waals surface area contributed by atoms with Crippen molar-refractivity contribution >= 4 is 11.4 Å². The normalized spacial score (nSPS) is 21.4. The Morgan fingerprint density at radius 2 is 1.95 bits per heavy atom. The molecule has 4 N–H and O–H groups in total. The second-order valence-electron chi connectivity index (χ2n) is 4.34. The number of hydrogen-bond acceptors (Lipinski definition) is 7. The van der Waals surface area contributed by atoms with Crippen molar-refractivity contribution in [1.29, 1.82) is 0 Å². The van der Waals surface area contributed by atoms with Gasteiger partial charge in [-0.05, 0) is 12.1 Å². The minimum absolute atomic E-state index is 0.0731. The van der Waals surface area contributed by atoms with Crippen LogP contribution in [0.25, 0.3) is 0 Å². The van der Waals surface area contributed by atoms with Gasteiger partial charge in [-0.25, -0.2) is 0 Å². The molecule has 0 aliphatic heterocycles. The molecular weight excluding hydrogens is 268 g/mol. The van der Waals surface area contributed by atoms with E-state index in [1.165, 1.54) is 6.07 Å². The number of hydrogen-bond donors (Lipinski definition) is 2. The zero-order valence-corrected chi connectivity index (χ0v) is 10.3. The Kier molecular flexibility index (Phi) is 3.53. The number of nitro groups is 2. The van der Waals surface area contributed by atoms with Gasteiger partial charge in [-0.2, -0.15) is 0 Å². The van der Waals surface area contributed by atoms with E-state index in [0.29, 0.717) is 12.1 Å². The molecule has 0 fully saturated rings. The molecule has 0 heterocycles. The fourth-order valence-electron chi connectivity index (χ4n) is 1.94. The molecule has 0 saturated heterocycles. The monoisotopic (exact) mass is 280 g/mol. The first-order valence-corrected chi connectivity index (χ1v) is 5.70. The maximum Gasteiger partial charge on any atom is 0.317 e. The van der Waals surface area contributed by atoms with Crippen molar-refractivity contribution in [1.82, 2.24) is 0 Å². The largest absolute Gasteiger partial charge is 0.477 e. The van der Waals surface area contributed by atoms with E-state index < -0.39 is 21.6 Å². The summed E-state index contributed by atoms with van der Waals surface area (Å²) in [5.41, 5.74) is 10.9. The van der Waals surface area contributed by atoms with Gasteiger partial charge in [-0.1, -0.05) is 0 Å². The molecule has 0 amide bonds. The molecule has 0 spiro atoms. The van der Waals surface area contributed by atoms with Gasteiger partial charge in [0.1, 0.15) is 6.10 Å². The van der Waals surface area contributed by atoms with E-state index in [-0.39, 0.29) is 17.5 Å². The first-order valence-electron chi connectivity index (χ1n) is 5.70. The van der Waals surface area contributed by atoms with Gasteiger partial charge < -0.3 is 16.2 Å². The van der Waals surface area contributed by atoms with E-state index in [0.717, 1.165) is 12.1 Å². The summed E-state index contributed by atoms with van der Waals surface area (Å²) >= 11 is 0. The molecule has 2 atom stereocenters. The van der Waals surface area contributed by atoms with E-state index in [1.807, 2.05) is 0 Å². The highest BCUT2D eigenvalue weighted by Gasteiger charge is 2.28. The Hall–Kier alpha value is -2.68. The summed E-state index contributed by atoms with van der Waals surface area (Å²) in [6.07, 6.45) is 1.45. The maximum atomic E-state index is 10.9. The van der Waals surface area contributed by atoms with Crippen LogP contribution in [-0.4, -0.2) is 22.0 Å². The number of nitro benzene ring substituents is 2. The highest BCUT2D eigenvalue weighted by molar-refractivity contribution is 5.53. The highest BCUT2D eigenvalue weighted by Crippen LogP contribution is 2.33. The van der Waals surface area contributed by atoms with Gasteiger partial charge in [0.2, 0.25) is 0 Å². The number of nitrogens with two attached hydrogens (primary N) is 2. The van der Waals surface area contributed by atoms with Crippen molar-refractivity contribution < 1.29 is 14.6 Å². The summed E-state index contributed by atoms with van der Waals surface area (Å²) < 4.78 is 5.45. The predicted molar refractivity (Wildman–Crippen MR) is 69.0 cm³/mol. The van der Waals surface area contributed by atoms with Gasteiger partial charge in [-0.3, -0.25) is 20.2 Å². The lowest BCUT2D eigenvalue weighted by Gasteiger charge is -2.15. The molecule has 2 rings (SSSR count). The van der Waals surface area contributed by atoms with Crippen molar-refractivity contribution in [3.05, 3.63) is 50.2 Å². The Balaban J connectivity index is 2.30. The molecule has 9 nitrogen and oxygen atoms in total. The Bertz CT molecular complexity index is 600. The van der Waals surface area contributed by atoms with Crippen LogP contribution in [0.2, 0.25) is 0 Å². The topological polar surface area (TPSA) is 148 Å². The predicted octanol–water partition coefficient (Wildman–Crippen LogP) is 0.824. The van der Waals surface area contributed by atoms with Crippen LogP contribution in [0.4, 0.5) is 11.4 Å². The lowest BCUT2D eigenvalue weighted by Crippen LogP contribution is -2.24. The van der Waals surface area contributed by atoms with E-state index in [4.69, 9.17) is 16.2 Å². The minimum atomic E-state index is -0.739. The van der Waals surface area contributed by atoms with E-state index in [1.54, 1.807) is 6.08 Å². The lowest BCUT2D eigenvalue weighted by atomic mass is 10.2. The average Bonchev–Trinajstić information content (AvgIpc) is 2.67. The first-order chi connectivity index (χ1) is 9.38. The first kappa shape index (κ1) is 13.7. The van der Waals surface area contributed by atoms with E-state index in [2.05, 4.69) is 0 Å². The van der Waals surface area contributed by atoms with Crippen molar-refractivity contribution in [2.24, 2.45) is 11.5 Å². The zero-order chi connectivity index (χ0) is 14.9. The van der Waals surface area contributed by atoms with Gasteiger partial charge in [-0.15, -0.1) is 0 Å². The summed E-state index contributed by atoms with van der Waals surface area (Å²) in [4.78, 5) is 20.1. The summed E-state index contributed by atoms with van der Waals surface area (Å²) in [5.74, 6) is -0.0731. The summed E-state index contributed by atoms with van der Waals surface area (Å²) in [6, 6.07) is 2.91. The molecule has 106 valence electrons. The number of nitrogens with zero attached hydrogens (tertiary/aromatic N) is 2. The van der Waals surface area contributed by atoms with Gasteiger partial charge in [0, 0.05) is 24.2 Å². The fraction of sp³-hybridized carbons (Fsp3) is 0.273. The SMILES string of the molecule is NC1=CC(N)C[C@H]1Oc1ccc([N+](=O)[O-])cc1[N+](=O)[O-]. The summed E-state index contributed by atoms with van der Waals surface area (Å²) in [7, 11) is 0. The Morgan fingerprint density at radius 1 is 1.25 bits per heavy atom. The standard InChI is InChI=1S/C11H12N4O5/c12-6-3-8(13)11(4-6)20-10-2-1-7(14(16)17)5-9(10)15(18)19/h1-3,5-6,11H,4,12-13H2/t6?,11-/m1/s1. The van der Waals surface area contributed by atoms with Crippen LogP contribution in [0.1, 0.15) is 6.42 Å². The molecule has 1 aromatic rings. The van der Waals surface area contributed by atoms with Gasteiger partial charge in [0.05, 0.1) is 15.9 Å². The van der Waals surface area contributed by atoms with E-state index in [9.17, 15) is 20.2 Å². The van der Waals surface area contributed by atoms with E-state index >= 15 is 0 Å². The summed E-state index contributed by atoms with van der Waals surface area (Å²) in [5, 5.41) is 21.6. The molecule has 0 saturated carbocycles. The van der Waals surface area contributed by atoms with Crippen LogP contribution in [-0.2, 0) is 0 Å². The van der Waals surface area contributed by atoms with Crippen LogP contribution in [0.15, 0.2) is 30.0 Å². The van der Waals surface area contributed by atoms with Gasteiger partial charge >= 0.3 is 5.69 Å². The average molecular weight is 280 g/mol. The molecule has 1 unspecified atom stereocenters. The third-order valence-corrected chi connectivity index (χ3v) is 2.88. The van der Waals surface area contributed by atoms with Crippen molar-refractivity contribution in [3.63, 3.8) is 0 Å². The maximum absolute atomic E-state index is 10.9. The van der Waals surface area contributed by atoms with Crippen molar-refractivity contribution in [2.45, 2.75) is 18.6 Å². The number of ether oxygens (including phenoxy) is 1. The smallest absolute Gasteiger partial charge is 0.317 e. The third kappa shape index (κ3) is 2.67. The molecule has 0 radical (unpaired) electrons. The quantitative estimate of drug-likeness (QED) is 0.612. The van der Waals surface area contributed by atoms with Crippen LogP contribution in [0.3, 0.4) is 0 Å². The number of rotatable bonds is 4. The fourth-order valence-corrected chi connectivity index (χ4v) is 1.94. The molecule has 9 heteroatoms. The number of benzene rings is 1. The lowest BCUT2D eigenvalue weighted by molar-refractivity contribution is -0.394. The zero-order valence-electron chi connectivity index (χ0n) is 10.3. The highest BCUT2D eigenvalue weighted by atomic mass is 16.6. The van der Waals surface area contributed by atoms with Crippen LogP contribution in [0.5, 0.6) is 5.75 Å². The second kappa shape index (κ2) is 5.13. The van der Waals surface area contributed by atoms with Crippen LogP contribution in [0, 0.1) is 20.2 Å². The van der Waals surface area contributed by atoms with Crippen LogP contribution < -0.4 is 16.2 Å². The third-order valence-electron chi connectivity index (χ3n) is 2.88.